The Morgan fingerprint density at radius 2 is 2.00 bits per heavy atom. The van der Waals surface area contributed by atoms with Crippen LogP contribution < -0.4 is 15.0 Å². The summed E-state index contributed by atoms with van der Waals surface area (Å²) < 4.78 is 5.43. The van der Waals surface area contributed by atoms with E-state index in [1.54, 1.807) is 18.1 Å². The van der Waals surface area contributed by atoms with Gasteiger partial charge in [-0.3, -0.25) is 9.59 Å². The van der Waals surface area contributed by atoms with Gasteiger partial charge in [0.1, 0.15) is 5.75 Å². The second-order valence-electron chi connectivity index (χ2n) is 6.76. The molecule has 0 aromatic heterocycles. The second kappa shape index (κ2) is 6.22. The van der Waals surface area contributed by atoms with Gasteiger partial charge in [-0.15, -0.1) is 0 Å². The zero-order valence-electron chi connectivity index (χ0n) is 13.9. The van der Waals surface area contributed by atoms with Crippen LogP contribution in [0.2, 0.25) is 0 Å². The first-order valence-electron chi connectivity index (χ1n) is 8.33. The van der Waals surface area contributed by atoms with E-state index >= 15 is 0 Å². The van der Waals surface area contributed by atoms with Crippen LogP contribution >= 0.6 is 0 Å². The van der Waals surface area contributed by atoms with Crippen LogP contribution in [0.25, 0.3) is 0 Å². The normalized spacial score (nSPS) is 19.9. The summed E-state index contributed by atoms with van der Waals surface area (Å²) in [5, 5.41) is 3.01. The fraction of sp³-hybridized carbons (Fsp3) is 0.556. The topological polar surface area (TPSA) is 58.6 Å². The van der Waals surface area contributed by atoms with E-state index in [9.17, 15) is 9.59 Å². The van der Waals surface area contributed by atoms with Crippen LogP contribution in [0.1, 0.15) is 45.4 Å². The molecule has 1 aromatic carbocycles. The van der Waals surface area contributed by atoms with E-state index in [1.165, 1.54) is 0 Å². The molecular weight excluding hydrogens is 292 g/mol. The lowest BCUT2D eigenvalue weighted by atomic mass is 9.88. The van der Waals surface area contributed by atoms with Crippen molar-refractivity contribution in [2.24, 2.45) is 5.41 Å². The van der Waals surface area contributed by atoms with Gasteiger partial charge in [0.2, 0.25) is 11.8 Å². The Hall–Kier alpha value is -2.04. The van der Waals surface area contributed by atoms with Gasteiger partial charge in [-0.05, 0) is 31.4 Å². The van der Waals surface area contributed by atoms with Crippen molar-refractivity contribution in [1.29, 1.82) is 0 Å². The van der Waals surface area contributed by atoms with Crippen LogP contribution in [-0.2, 0) is 9.59 Å². The summed E-state index contributed by atoms with van der Waals surface area (Å²) in [6.07, 6.45) is 5.57. The number of hydrogen-bond acceptors (Lipinski definition) is 3. The standard InChI is InChI=1S/C18H24N2O3/c1-18(9-3-4-10-18)17(22)19-13-7-8-14(15(12-13)23-2)20-11-5-6-16(20)21/h7-8,12H,3-6,9-11H2,1-2H3,(H,19,22). The minimum absolute atomic E-state index is 0.0713. The molecule has 124 valence electrons. The minimum Gasteiger partial charge on any atom is -0.494 e. The van der Waals surface area contributed by atoms with E-state index in [1.807, 2.05) is 19.1 Å². The zero-order valence-corrected chi connectivity index (χ0v) is 13.9. The van der Waals surface area contributed by atoms with Gasteiger partial charge in [-0.2, -0.15) is 0 Å². The third kappa shape index (κ3) is 3.05. The highest BCUT2D eigenvalue weighted by Gasteiger charge is 2.36. The molecule has 1 saturated heterocycles. The molecule has 0 atom stereocenters. The van der Waals surface area contributed by atoms with Crippen LogP contribution in [0.15, 0.2) is 18.2 Å². The Morgan fingerprint density at radius 1 is 1.26 bits per heavy atom. The van der Waals surface area contributed by atoms with E-state index in [0.717, 1.165) is 50.0 Å². The number of carbonyl (C=O) groups excluding carboxylic acids is 2. The van der Waals surface area contributed by atoms with Crippen molar-refractivity contribution in [1.82, 2.24) is 0 Å². The first kappa shape index (κ1) is 15.8. The number of anilines is 2. The fourth-order valence-corrected chi connectivity index (χ4v) is 3.55. The molecule has 23 heavy (non-hydrogen) atoms. The molecule has 0 radical (unpaired) electrons. The summed E-state index contributed by atoms with van der Waals surface area (Å²) in [5.41, 5.74) is 1.23. The Balaban J connectivity index is 1.79. The van der Waals surface area contributed by atoms with E-state index in [2.05, 4.69) is 5.32 Å². The number of methoxy groups -OCH3 is 1. The molecule has 0 spiro atoms. The predicted molar refractivity (Wildman–Crippen MR) is 89.8 cm³/mol. The average Bonchev–Trinajstić information content (AvgIpc) is 3.17. The van der Waals surface area contributed by atoms with Gasteiger partial charge in [0.15, 0.2) is 0 Å². The maximum Gasteiger partial charge on any atom is 0.230 e. The second-order valence-corrected chi connectivity index (χ2v) is 6.76. The summed E-state index contributed by atoms with van der Waals surface area (Å²) >= 11 is 0. The van der Waals surface area contributed by atoms with Crippen LogP contribution in [0.5, 0.6) is 5.75 Å². The third-order valence-electron chi connectivity index (χ3n) is 5.06. The number of nitrogens with zero attached hydrogens (tertiary/aromatic N) is 1. The number of rotatable bonds is 4. The van der Waals surface area contributed by atoms with Crippen molar-refractivity contribution in [3.63, 3.8) is 0 Å². The van der Waals surface area contributed by atoms with Gasteiger partial charge in [0.25, 0.3) is 0 Å². The number of nitrogens with one attached hydrogen (secondary N) is 1. The quantitative estimate of drug-likeness (QED) is 0.927. The first-order chi connectivity index (χ1) is 11.0. The van der Waals surface area contributed by atoms with Crippen LogP contribution in [-0.4, -0.2) is 25.5 Å². The van der Waals surface area contributed by atoms with E-state index in [4.69, 9.17) is 4.74 Å². The van der Waals surface area contributed by atoms with Gasteiger partial charge >= 0.3 is 0 Å². The summed E-state index contributed by atoms with van der Waals surface area (Å²) in [5.74, 6) is 0.815. The molecule has 2 fully saturated rings. The molecule has 1 aliphatic carbocycles. The van der Waals surface area contributed by atoms with Gasteiger partial charge < -0.3 is 15.0 Å². The highest BCUT2D eigenvalue weighted by atomic mass is 16.5. The highest BCUT2D eigenvalue weighted by Crippen LogP contribution is 2.39. The van der Waals surface area contributed by atoms with Crippen molar-refractivity contribution >= 4 is 23.2 Å². The summed E-state index contributed by atoms with van der Waals surface area (Å²) in [7, 11) is 1.59. The van der Waals surface area contributed by atoms with Crippen molar-refractivity contribution in [3.8, 4) is 5.75 Å². The van der Waals surface area contributed by atoms with E-state index < -0.39 is 0 Å². The third-order valence-corrected chi connectivity index (χ3v) is 5.06. The van der Waals surface area contributed by atoms with Crippen LogP contribution in [0.3, 0.4) is 0 Å². The lowest BCUT2D eigenvalue weighted by Crippen LogP contribution is -2.30. The number of benzene rings is 1. The molecule has 1 aromatic rings. The summed E-state index contributed by atoms with van der Waals surface area (Å²) in [6.45, 7) is 2.75. The molecule has 3 rings (SSSR count). The SMILES string of the molecule is COc1cc(NC(=O)C2(C)CCCC2)ccc1N1CCCC1=O. The fourth-order valence-electron chi connectivity index (χ4n) is 3.55. The summed E-state index contributed by atoms with van der Waals surface area (Å²) in [6, 6.07) is 5.51. The number of ether oxygens (including phenoxy) is 1. The summed E-state index contributed by atoms with van der Waals surface area (Å²) in [4.78, 5) is 26.2. The molecular formula is C18H24N2O3. The van der Waals surface area contributed by atoms with Gasteiger partial charge in [0.05, 0.1) is 12.8 Å². The Labute approximate surface area is 137 Å². The molecule has 5 nitrogen and oxygen atoms in total. The van der Waals surface area contributed by atoms with Crippen LogP contribution in [0, 0.1) is 5.41 Å². The van der Waals surface area contributed by atoms with E-state index in [0.29, 0.717) is 12.2 Å². The molecule has 1 saturated carbocycles. The predicted octanol–water partition coefficient (Wildman–Crippen LogP) is 3.34. The number of carbonyl (C=O) groups is 2. The van der Waals surface area contributed by atoms with Gasteiger partial charge in [0, 0.05) is 30.1 Å². The van der Waals surface area contributed by atoms with Crippen molar-refractivity contribution in [3.05, 3.63) is 18.2 Å². The number of hydrogen-bond donors (Lipinski definition) is 1. The van der Waals surface area contributed by atoms with Gasteiger partial charge in [-0.25, -0.2) is 0 Å². The highest BCUT2D eigenvalue weighted by molar-refractivity contribution is 5.98. The van der Waals surface area contributed by atoms with Crippen molar-refractivity contribution < 1.29 is 14.3 Å². The van der Waals surface area contributed by atoms with E-state index in [-0.39, 0.29) is 17.2 Å². The molecule has 5 heteroatoms. The zero-order chi connectivity index (χ0) is 16.4. The monoisotopic (exact) mass is 316 g/mol. The molecule has 0 unspecified atom stereocenters. The van der Waals surface area contributed by atoms with Crippen molar-refractivity contribution in [2.75, 3.05) is 23.9 Å². The molecule has 1 heterocycles. The molecule has 0 bridgehead atoms. The molecule has 2 amide bonds. The molecule has 2 aliphatic rings. The first-order valence-corrected chi connectivity index (χ1v) is 8.33. The maximum absolute atomic E-state index is 12.5. The minimum atomic E-state index is -0.267. The Kier molecular flexibility index (Phi) is 4.28. The lowest BCUT2D eigenvalue weighted by molar-refractivity contribution is -0.124. The largest absolute Gasteiger partial charge is 0.494 e. The number of amides is 2. The molecule has 1 aliphatic heterocycles. The Morgan fingerprint density at radius 3 is 2.61 bits per heavy atom. The Bertz CT molecular complexity index is 621. The smallest absolute Gasteiger partial charge is 0.230 e. The van der Waals surface area contributed by atoms with Crippen LogP contribution in [0.4, 0.5) is 11.4 Å². The lowest BCUT2D eigenvalue weighted by Gasteiger charge is -2.23. The molecule has 1 N–H and O–H groups in total. The maximum atomic E-state index is 12.5. The van der Waals surface area contributed by atoms with Gasteiger partial charge in [-0.1, -0.05) is 19.8 Å². The van der Waals surface area contributed by atoms with Crippen molar-refractivity contribution in [2.45, 2.75) is 45.4 Å². The average molecular weight is 316 g/mol.